The Hall–Kier alpha value is -1.30. The molecule has 0 atom stereocenters. The fraction of sp³-hybridized carbons (Fsp3) is 0. The molecule has 5 heteroatoms. The largest absolute Gasteiger partial charge is 0.400 e. The molecule has 0 amide bonds. The Morgan fingerprint density at radius 3 is 1.84 bits per heavy atom. The van der Waals surface area contributed by atoms with Crippen LogP contribution < -0.4 is 0 Å². The van der Waals surface area contributed by atoms with Crippen LogP contribution in [0.25, 0.3) is 0 Å². The standard InChI is InChI=1S/C14H10O2S3/c15-13(18-11-7-3-1-4-8-11)16-14(17)19-12-9-5-2-6-10-12/h1-10H. The summed E-state index contributed by atoms with van der Waals surface area (Å²) < 4.78 is 5.28. The number of ether oxygens (including phenoxy) is 1. The Bertz CT molecular complexity index is 504. The van der Waals surface area contributed by atoms with Gasteiger partial charge in [-0.2, -0.15) is 0 Å². The van der Waals surface area contributed by atoms with Gasteiger partial charge in [0.25, 0.3) is 0 Å². The van der Waals surface area contributed by atoms with E-state index in [1.807, 2.05) is 60.7 Å². The van der Waals surface area contributed by atoms with Crippen molar-refractivity contribution in [3.63, 3.8) is 0 Å². The Morgan fingerprint density at radius 2 is 1.32 bits per heavy atom. The van der Waals surface area contributed by atoms with Gasteiger partial charge in [0, 0.05) is 9.79 Å². The number of hydrogen-bond acceptors (Lipinski definition) is 5. The van der Waals surface area contributed by atoms with Gasteiger partial charge in [0.1, 0.15) is 0 Å². The van der Waals surface area contributed by atoms with Gasteiger partial charge in [-0.25, -0.2) is 4.79 Å². The van der Waals surface area contributed by atoms with E-state index >= 15 is 0 Å². The Kier molecular flexibility index (Phi) is 5.44. The van der Waals surface area contributed by atoms with E-state index in [1.54, 1.807) is 0 Å². The van der Waals surface area contributed by atoms with Crippen molar-refractivity contribution >= 4 is 45.4 Å². The van der Waals surface area contributed by atoms with Crippen LogP contribution in [0.15, 0.2) is 70.5 Å². The molecule has 0 saturated carbocycles. The molecule has 19 heavy (non-hydrogen) atoms. The average molecular weight is 306 g/mol. The van der Waals surface area contributed by atoms with Gasteiger partial charge in [0.05, 0.1) is 0 Å². The molecule has 0 fully saturated rings. The lowest BCUT2D eigenvalue weighted by molar-refractivity contribution is 0.227. The first-order valence-electron chi connectivity index (χ1n) is 5.45. The van der Waals surface area contributed by atoms with Crippen molar-refractivity contribution in [2.45, 2.75) is 9.79 Å². The van der Waals surface area contributed by atoms with E-state index in [4.69, 9.17) is 17.0 Å². The summed E-state index contributed by atoms with van der Waals surface area (Å²) in [7, 11) is 0. The molecule has 2 nitrogen and oxygen atoms in total. The van der Waals surface area contributed by atoms with Crippen molar-refractivity contribution in [3.05, 3.63) is 60.7 Å². The van der Waals surface area contributed by atoms with Crippen LogP contribution in [0.1, 0.15) is 0 Å². The molecule has 2 aromatic rings. The predicted molar refractivity (Wildman–Crippen MR) is 83.7 cm³/mol. The zero-order valence-electron chi connectivity index (χ0n) is 9.81. The second-order valence-electron chi connectivity index (χ2n) is 3.43. The maximum absolute atomic E-state index is 11.7. The summed E-state index contributed by atoms with van der Waals surface area (Å²) in [5, 5.41) is -0.417. The minimum atomic E-state index is -0.417. The van der Waals surface area contributed by atoms with E-state index in [9.17, 15) is 4.79 Å². The van der Waals surface area contributed by atoms with E-state index < -0.39 is 5.30 Å². The van der Waals surface area contributed by atoms with E-state index in [0.29, 0.717) is 0 Å². The smallest absolute Gasteiger partial charge is 0.378 e. The molecule has 0 unspecified atom stereocenters. The van der Waals surface area contributed by atoms with Crippen molar-refractivity contribution in [1.82, 2.24) is 0 Å². The van der Waals surface area contributed by atoms with Gasteiger partial charge in [-0.05, 0) is 60.0 Å². The summed E-state index contributed by atoms with van der Waals surface area (Å²) in [5.74, 6) is 0. The summed E-state index contributed by atoms with van der Waals surface area (Å²) >= 11 is 7.31. The molecule has 0 spiro atoms. The quantitative estimate of drug-likeness (QED) is 0.442. The third-order valence-corrected chi connectivity index (χ3v) is 3.90. The van der Waals surface area contributed by atoms with Crippen molar-refractivity contribution in [3.8, 4) is 0 Å². The van der Waals surface area contributed by atoms with Gasteiger partial charge < -0.3 is 4.74 Å². The molecule has 0 heterocycles. The molecule has 0 N–H and O–H groups in total. The molecule has 2 rings (SSSR count). The third kappa shape index (κ3) is 5.06. The second kappa shape index (κ2) is 7.33. The van der Waals surface area contributed by atoms with E-state index in [2.05, 4.69) is 0 Å². The number of thiocarbonyl (C=S) groups is 1. The minimum absolute atomic E-state index is 0.208. The maximum Gasteiger partial charge on any atom is 0.378 e. The van der Waals surface area contributed by atoms with Crippen LogP contribution in [0.3, 0.4) is 0 Å². The topological polar surface area (TPSA) is 26.3 Å². The van der Waals surface area contributed by atoms with Crippen LogP contribution >= 0.6 is 35.7 Å². The van der Waals surface area contributed by atoms with Crippen molar-refractivity contribution in [2.24, 2.45) is 0 Å². The summed E-state index contributed by atoms with van der Waals surface area (Å²) in [6, 6.07) is 18.9. The predicted octanol–water partition coefficient (Wildman–Crippen LogP) is 4.99. The fourth-order valence-electron chi connectivity index (χ4n) is 1.28. The van der Waals surface area contributed by atoms with Crippen LogP contribution in [0.5, 0.6) is 0 Å². The molecular formula is C14H10O2S3. The highest BCUT2D eigenvalue weighted by Gasteiger charge is 2.10. The number of thioether (sulfide) groups is 2. The molecule has 0 aliphatic heterocycles. The highest BCUT2D eigenvalue weighted by atomic mass is 32.2. The first-order valence-corrected chi connectivity index (χ1v) is 7.50. The van der Waals surface area contributed by atoms with E-state index in [-0.39, 0.29) is 4.38 Å². The molecule has 96 valence electrons. The van der Waals surface area contributed by atoms with Gasteiger partial charge >= 0.3 is 5.30 Å². The average Bonchev–Trinajstić information content (AvgIpc) is 2.40. The summed E-state index contributed by atoms with van der Waals surface area (Å²) in [6.07, 6.45) is 0. The fourth-order valence-corrected chi connectivity index (χ4v) is 2.96. The normalized spacial score (nSPS) is 9.89. The molecular weight excluding hydrogens is 296 g/mol. The van der Waals surface area contributed by atoms with Gasteiger partial charge in [-0.1, -0.05) is 36.4 Å². The summed E-state index contributed by atoms with van der Waals surface area (Å²) in [4.78, 5) is 13.4. The minimum Gasteiger partial charge on any atom is -0.400 e. The number of hydrogen-bond donors (Lipinski definition) is 0. The zero-order valence-corrected chi connectivity index (χ0v) is 12.3. The van der Waals surface area contributed by atoms with Gasteiger partial charge in [0.15, 0.2) is 0 Å². The molecule has 0 radical (unpaired) electrons. The van der Waals surface area contributed by atoms with Gasteiger partial charge in [-0.15, -0.1) is 0 Å². The molecule has 0 saturated heterocycles. The Balaban J connectivity index is 1.84. The SMILES string of the molecule is O=C(OC(=S)Sc1ccccc1)Sc1ccccc1. The van der Waals surface area contributed by atoms with E-state index in [0.717, 1.165) is 21.6 Å². The van der Waals surface area contributed by atoms with Crippen LogP contribution in [0.2, 0.25) is 0 Å². The molecule has 0 bridgehead atoms. The van der Waals surface area contributed by atoms with Gasteiger partial charge in [0.2, 0.25) is 4.38 Å². The molecule has 0 aliphatic carbocycles. The third-order valence-electron chi connectivity index (χ3n) is 2.06. The van der Waals surface area contributed by atoms with Crippen molar-refractivity contribution < 1.29 is 9.53 Å². The maximum atomic E-state index is 11.7. The number of carbonyl (C=O) groups excluding carboxylic acids is 1. The van der Waals surface area contributed by atoms with Crippen molar-refractivity contribution in [2.75, 3.05) is 0 Å². The second-order valence-corrected chi connectivity index (χ2v) is 6.12. The first kappa shape index (κ1) is 14.1. The van der Waals surface area contributed by atoms with Crippen LogP contribution in [-0.4, -0.2) is 9.68 Å². The summed E-state index contributed by atoms with van der Waals surface area (Å²) in [6.45, 7) is 0. The first-order chi connectivity index (χ1) is 9.24. The monoisotopic (exact) mass is 306 g/mol. The van der Waals surface area contributed by atoms with Crippen LogP contribution in [-0.2, 0) is 4.74 Å². The highest BCUT2D eigenvalue weighted by molar-refractivity contribution is 8.23. The van der Waals surface area contributed by atoms with E-state index in [1.165, 1.54) is 11.8 Å². The van der Waals surface area contributed by atoms with Gasteiger partial charge in [-0.3, -0.25) is 0 Å². The van der Waals surface area contributed by atoms with Crippen LogP contribution in [0, 0.1) is 0 Å². The number of benzene rings is 2. The summed E-state index contributed by atoms with van der Waals surface area (Å²) in [5.41, 5.74) is 0. The lowest BCUT2D eigenvalue weighted by atomic mass is 10.4. The Labute approximate surface area is 125 Å². The lowest BCUT2D eigenvalue weighted by Gasteiger charge is -2.04. The van der Waals surface area contributed by atoms with Crippen molar-refractivity contribution in [1.29, 1.82) is 0 Å². The lowest BCUT2D eigenvalue weighted by Crippen LogP contribution is -2.01. The molecule has 0 aliphatic rings. The molecule has 0 aromatic heterocycles. The molecule has 2 aromatic carbocycles. The van der Waals surface area contributed by atoms with Crippen LogP contribution in [0.4, 0.5) is 4.79 Å². The zero-order chi connectivity index (χ0) is 13.5. The Morgan fingerprint density at radius 1 is 0.842 bits per heavy atom. The number of carbonyl (C=O) groups is 1. The number of rotatable bonds is 2. The highest BCUT2D eigenvalue weighted by Crippen LogP contribution is 2.24.